The van der Waals surface area contributed by atoms with E-state index in [0.717, 1.165) is 23.4 Å². The Labute approximate surface area is 213 Å². The van der Waals surface area contributed by atoms with Crippen LogP contribution in [-0.4, -0.2) is 45.1 Å². The van der Waals surface area contributed by atoms with Gasteiger partial charge < -0.3 is 25.1 Å². The highest BCUT2D eigenvalue weighted by Crippen LogP contribution is 2.20. The summed E-state index contributed by atoms with van der Waals surface area (Å²) in [4.78, 5) is 22.3. The van der Waals surface area contributed by atoms with Crippen molar-refractivity contribution in [3.05, 3.63) is 96.2 Å². The van der Waals surface area contributed by atoms with Crippen LogP contribution in [0.15, 0.2) is 84.9 Å². The van der Waals surface area contributed by atoms with Crippen LogP contribution in [0.5, 0.6) is 11.5 Å². The molecule has 0 radical (unpaired) electrons. The molecule has 4 aromatic rings. The third kappa shape index (κ3) is 12.8. The maximum absolute atomic E-state index is 9.54. The molecular weight excluding hydrogens is 454 g/mol. The number of amides is 2. The van der Waals surface area contributed by atoms with Gasteiger partial charge in [0.15, 0.2) is 0 Å². The summed E-state index contributed by atoms with van der Waals surface area (Å²) < 4.78 is 10.0. The molecule has 0 aliphatic rings. The monoisotopic (exact) mass is 491 g/mol. The standard InChI is InChI=1S/C10H11NO.C8H10.C7H8O.C4H8N2O2/c1-7-5-8-6-9(12-2)3-4-10(8)11-7;1-2-8-6-4-3-5-7-8;1-8-7-5-3-2-4-6-7;7-3-5-1-2-6-4-8/h3-6,11H,1-2H3;3-7H,2H2,1H3;2-6H,1H3;3-4H,1-2H2,(H,5,7)(H,6,8). The van der Waals surface area contributed by atoms with Gasteiger partial charge in [-0.1, -0.05) is 55.5 Å². The lowest BCUT2D eigenvalue weighted by Gasteiger charge is -1.97. The number of hydrogen-bond donors (Lipinski definition) is 3. The van der Waals surface area contributed by atoms with E-state index in [1.54, 1.807) is 14.2 Å². The van der Waals surface area contributed by atoms with Gasteiger partial charge in [-0.25, -0.2) is 0 Å². The molecule has 0 aliphatic carbocycles. The van der Waals surface area contributed by atoms with Crippen LogP contribution in [0.25, 0.3) is 10.9 Å². The van der Waals surface area contributed by atoms with Gasteiger partial charge >= 0.3 is 0 Å². The molecule has 0 saturated heterocycles. The fourth-order valence-electron chi connectivity index (χ4n) is 2.92. The van der Waals surface area contributed by atoms with Gasteiger partial charge in [-0.15, -0.1) is 0 Å². The number of fused-ring (bicyclic) bond motifs is 1. The lowest BCUT2D eigenvalue weighted by Crippen LogP contribution is -2.25. The fraction of sp³-hybridized carbons (Fsp3) is 0.241. The molecular formula is C29H37N3O4. The zero-order chi connectivity index (χ0) is 26.4. The number of methoxy groups -OCH3 is 2. The molecule has 7 nitrogen and oxygen atoms in total. The van der Waals surface area contributed by atoms with Gasteiger partial charge in [0.2, 0.25) is 12.8 Å². The lowest BCUT2D eigenvalue weighted by atomic mass is 10.2. The van der Waals surface area contributed by atoms with Gasteiger partial charge in [-0.05, 0) is 55.3 Å². The van der Waals surface area contributed by atoms with E-state index in [1.165, 1.54) is 16.6 Å². The largest absolute Gasteiger partial charge is 0.497 e. The van der Waals surface area contributed by atoms with Crippen molar-refractivity contribution in [1.29, 1.82) is 0 Å². The SMILES string of the molecule is CCc1ccccc1.COc1ccc2[nH]c(C)cc2c1.COc1ccccc1.O=CNCCNC=O. The Balaban J connectivity index is 0.000000245. The summed E-state index contributed by atoms with van der Waals surface area (Å²) in [5, 5.41) is 5.96. The van der Waals surface area contributed by atoms with E-state index in [9.17, 15) is 9.59 Å². The molecule has 0 aliphatic heterocycles. The molecule has 0 spiro atoms. The van der Waals surface area contributed by atoms with E-state index in [2.05, 4.69) is 52.9 Å². The average molecular weight is 492 g/mol. The molecule has 0 atom stereocenters. The van der Waals surface area contributed by atoms with Crippen molar-refractivity contribution in [2.75, 3.05) is 27.3 Å². The van der Waals surface area contributed by atoms with Crippen molar-refractivity contribution < 1.29 is 19.1 Å². The molecule has 7 heteroatoms. The molecule has 1 aromatic heterocycles. The van der Waals surface area contributed by atoms with Crippen LogP contribution < -0.4 is 20.1 Å². The number of aromatic amines is 1. The number of ether oxygens (including phenoxy) is 2. The summed E-state index contributed by atoms with van der Waals surface area (Å²) in [5.41, 5.74) is 3.75. The summed E-state index contributed by atoms with van der Waals surface area (Å²) in [6.07, 6.45) is 2.32. The molecule has 0 unspecified atom stereocenters. The zero-order valence-electron chi connectivity index (χ0n) is 21.5. The number of rotatable bonds is 8. The number of aryl methyl sites for hydroxylation is 2. The molecule has 36 heavy (non-hydrogen) atoms. The Morgan fingerprint density at radius 1 is 0.750 bits per heavy atom. The second kappa shape index (κ2) is 19.1. The van der Waals surface area contributed by atoms with Crippen LogP contribution >= 0.6 is 0 Å². The maximum Gasteiger partial charge on any atom is 0.207 e. The lowest BCUT2D eigenvalue weighted by molar-refractivity contribution is -0.111. The third-order valence-electron chi connectivity index (χ3n) is 4.77. The van der Waals surface area contributed by atoms with Crippen molar-refractivity contribution in [2.45, 2.75) is 20.3 Å². The van der Waals surface area contributed by atoms with Crippen LogP contribution in [0.3, 0.4) is 0 Å². The van der Waals surface area contributed by atoms with Crippen molar-refractivity contribution in [3.63, 3.8) is 0 Å². The number of carbonyl (C=O) groups is 2. The Hall–Kier alpha value is -4.26. The molecule has 0 fully saturated rings. The van der Waals surface area contributed by atoms with Gasteiger partial charge in [0, 0.05) is 29.7 Å². The molecule has 3 N–H and O–H groups in total. The topological polar surface area (TPSA) is 92.4 Å². The molecule has 1 heterocycles. The average Bonchev–Trinajstić information content (AvgIpc) is 3.32. The second-order valence-electron chi connectivity index (χ2n) is 7.41. The van der Waals surface area contributed by atoms with Gasteiger partial charge in [0.05, 0.1) is 14.2 Å². The van der Waals surface area contributed by atoms with Crippen LogP contribution in [-0.2, 0) is 16.0 Å². The minimum Gasteiger partial charge on any atom is -0.497 e. The van der Waals surface area contributed by atoms with Gasteiger partial charge in [0.1, 0.15) is 11.5 Å². The highest BCUT2D eigenvalue weighted by Gasteiger charge is 1.98. The number of aromatic nitrogens is 1. The summed E-state index contributed by atoms with van der Waals surface area (Å²) in [6, 6.07) is 28.3. The van der Waals surface area contributed by atoms with Crippen molar-refractivity contribution >= 4 is 23.7 Å². The first-order chi connectivity index (χ1) is 17.6. The summed E-state index contributed by atoms with van der Waals surface area (Å²) in [7, 11) is 3.34. The van der Waals surface area contributed by atoms with E-state index in [4.69, 9.17) is 9.47 Å². The number of nitrogens with one attached hydrogen (secondary N) is 3. The fourth-order valence-corrected chi connectivity index (χ4v) is 2.92. The molecule has 0 bridgehead atoms. The second-order valence-corrected chi connectivity index (χ2v) is 7.41. The number of hydrogen-bond acceptors (Lipinski definition) is 4. The number of H-pyrrole nitrogens is 1. The van der Waals surface area contributed by atoms with Gasteiger partial charge in [-0.3, -0.25) is 9.59 Å². The quantitative estimate of drug-likeness (QED) is 0.241. The first-order valence-corrected chi connectivity index (χ1v) is 11.7. The molecule has 3 aromatic carbocycles. The van der Waals surface area contributed by atoms with Crippen LogP contribution in [0.4, 0.5) is 0 Å². The van der Waals surface area contributed by atoms with Crippen LogP contribution in [0.1, 0.15) is 18.2 Å². The van der Waals surface area contributed by atoms with Crippen molar-refractivity contribution in [2.24, 2.45) is 0 Å². The summed E-state index contributed by atoms with van der Waals surface area (Å²) in [5.74, 6) is 1.81. The minimum atomic E-state index is 0.488. The van der Waals surface area contributed by atoms with Crippen molar-refractivity contribution in [1.82, 2.24) is 15.6 Å². The first kappa shape index (κ1) is 29.8. The van der Waals surface area contributed by atoms with Gasteiger partial charge in [0.25, 0.3) is 0 Å². The van der Waals surface area contributed by atoms with Crippen LogP contribution in [0, 0.1) is 6.92 Å². The Morgan fingerprint density at radius 2 is 1.31 bits per heavy atom. The number of benzene rings is 3. The van der Waals surface area contributed by atoms with Crippen molar-refractivity contribution in [3.8, 4) is 11.5 Å². The predicted octanol–water partition coefficient (Wildman–Crippen LogP) is 4.91. The summed E-state index contributed by atoms with van der Waals surface area (Å²) >= 11 is 0. The highest BCUT2D eigenvalue weighted by molar-refractivity contribution is 5.81. The molecule has 2 amide bonds. The normalized spacial score (nSPS) is 9.11. The first-order valence-electron chi connectivity index (χ1n) is 11.7. The van der Waals surface area contributed by atoms with E-state index in [-0.39, 0.29) is 0 Å². The van der Waals surface area contributed by atoms with Crippen LogP contribution in [0.2, 0.25) is 0 Å². The smallest absolute Gasteiger partial charge is 0.207 e. The molecule has 4 rings (SSSR count). The van der Waals surface area contributed by atoms with Gasteiger partial charge in [-0.2, -0.15) is 0 Å². The summed E-state index contributed by atoms with van der Waals surface area (Å²) in [6.45, 7) is 5.19. The van der Waals surface area contributed by atoms with E-state index in [0.29, 0.717) is 25.9 Å². The molecule has 192 valence electrons. The predicted molar refractivity (Wildman–Crippen MR) is 147 cm³/mol. The zero-order valence-corrected chi connectivity index (χ0v) is 21.5. The third-order valence-corrected chi connectivity index (χ3v) is 4.77. The Morgan fingerprint density at radius 3 is 1.75 bits per heavy atom. The minimum absolute atomic E-state index is 0.488. The molecule has 0 saturated carbocycles. The number of carbonyl (C=O) groups excluding carboxylic acids is 2. The number of para-hydroxylation sites is 1. The highest BCUT2D eigenvalue weighted by atomic mass is 16.5. The van der Waals surface area contributed by atoms with E-state index < -0.39 is 0 Å². The Kier molecular flexibility index (Phi) is 15.8. The van der Waals surface area contributed by atoms with E-state index >= 15 is 0 Å². The maximum atomic E-state index is 9.54. The Bertz CT molecular complexity index is 1050. The van der Waals surface area contributed by atoms with E-state index in [1.807, 2.05) is 61.5 Å².